The lowest BCUT2D eigenvalue weighted by Crippen LogP contribution is -1.98. The summed E-state index contributed by atoms with van der Waals surface area (Å²) in [6, 6.07) is 11.6. The molecule has 0 bridgehead atoms. The van der Waals surface area contributed by atoms with E-state index in [1.165, 1.54) is 34.2 Å². The van der Waals surface area contributed by atoms with E-state index in [2.05, 4.69) is 55.0 Å². The molecule has 0 atom stereocenters. The van der Waals surface area contributed by atoms with Gasteiger partial charge in [-0.25, -0.2) is 0 Å². The van der Waals surface area contributed by atoms with Gasteiger partial charge in [-0.3, -0.25) is 0 Å². The smallest absolute Gasteiger partial charge is 0.0482 e. The molecule has 0 saturated heterocycles. The molecular weight excluding hydrogens is 206 g/mol. The van der Waals surface area contributed by atoms with E-state index in [0.717, 1.165) is 6.42 Å². The summed E-state index contributed by atoms with van der Waals surface area (Å²) in [4.78, 5) is 0. The van der Waals surface area contributed by atoms with Gasteiger partial charge in [0.1, 0.15) is 0 Å². The van der Waals surface area contributed by atoms with Gasteiger partial charge in [0.05, 0.1) is 0 Å². The van der Waals surface area contributed by atoms with E-state index < -0.39 is 0 Å². The van der Waals surface area contributed by atoms with Gasteiger partial charge in [0, 0.05) is 23.6 Å². The number of benzene rings is 1. The van der Waals surface area contributed by atoms with Crippen molar-refractivity contribution >= 4 is 16.5 Å². The van der Waals surface area contributed by atoms with Crippen molar-refractivity contribution in [1.82, 2.24) is 4.57 Å². The van der Waals surface area contributed by atoms with Gasteiger partial charge in [-0.2, -0.15) is 0 Å². The lowest BCUT2D eigenvalue weighted by molar-refractivity contribution is 0.909. The van der Waals surface area contributed by atoms with Gasteiger partial charge in [0.2, 0.25) is 0 Å². The SMILES string of the molecule is CC1=CC=C(c2cc3c[c]ccc3n2C)CC1. The molecule has 1 aliphatic rings. The topological polar surface area (TPSA) is 4.93 Å². The Kier molecular flexibility index (Phi) is 2.40. The van der Waals surface area contributed by atoms with Crippen molar-refractivity contribution in [3.63, 3.8) is 0 Å². The third kappa shape index (κ3) is 1.72. The van der Waals surface area contributed by atoms with E-state index in [0.29, 0.717) is 0 Å². The fraction of sp³-hybridized carbons (Fsp3) is 0.250. The number of fused-ring (bicyclic) bond motifs is 1. The Hall–Kier alpha value is -1.76. The highest BCUT2D eigenvalue weighted by atomic mass is 14.9. The Morgan fingerprint density at radius 1 is 1.24 bits per heavy atom. The fourth-order valence-electron chi connectivity index (χ4n) is 2.49. The first-order valence-corrected chi connectivity index (χ1v) is 6.08. The fourth-order valence-corrected chi connectivity index (χ4v) is 2.49. The van der Waals surface area contributed by atoms with Crippen LogP contribution in [0.3, 0.4) is 0 Å². The Morgan fingerprint density at radius 3 is 2.82 bits per heavy atom. The van der Waals surface area contributed by atoms with Gasteiger partial charge in [-0.1, -0.05) is 23.8 Å². The Morgan fingerprint density at radius 2 is 2.12 bits per heavy atom. The van der Waals surface area contributed by atoms with Crippen molar-refractivity contribution in [2.75, 3.05) is 0 Å². The van der Waals surface area contributed by atoms with E-state index in [1.54, 1.807) is 0 Å². The van der Waals surface area contributed by atoms with Crippen molar-refractivity contribution < 1.29 is 0 Å². The first-order chi connectivity index (χ1) is 8.25. The van der Waals surface area contributed by atoms with Gasteiger partial charge < -0.3 is 4.57 Å². The molecule has 0 saturated carbocycles. The van der Waals surface area contributed by atoms with Gasteiger partial charge in [0.15, 0.2) is 0 Å². The van der Waals surface area contributed by atoms with Crippen molar-refractivity contribution in [3.05, 3.63) is 53.8 Å². The zero-order valence-corrected chi connectivity index (χ0v) is 10.3. The molecule has 3 rings (SSSR count). The van der Waals surface area contributed by atoms with E-state index in [4.69, 9.17) is 0 Å². The number of aromatic nitrogens is 1. The molecule has 17 heavy (non-hydrogen) atoms. The number of hydrogen-bond donors (Lipinski definition) is 0. The summed E-state index contributed by atoms with van der Waals surface area (Å²) in [5, 5.41) is 1.28. The second kappa shape index (κ2) is 3.92. The van der Waals surface area contributed by atoms with Gasteiger partial charge in [0.25, 0.3) is 0 Å². The molecule has 1 aliphatic carbocycles. The predicted octanol–water partition coefficient (Wildman–Crippen LogP) is 4.10. The number of aryl methyl sites for hydroxylation is 1. The van der Waals surface area contributed by atoms with Crippen molar-refractivity contribution in [1.29, 1.82) is 0 Å². The molecule has 0 amide bonds. The first kappa shape index (κ1) is 10.4. The Labute approximate surface area is 102 Å². The van der Waals surface area contributed by atoms with Crippen LogP contribution in [0.15, 0.2) is 42.0 Å². The van der Waals surface area contributed by atoms with Crippen LogP contribution in [-0.2, 0) is 7.05 Å². The van der Waals surface area contributed by atoms with E-state index in [-0.39, 0.29) is 0 Å². The minimum absolute atomic E-state index is 1.15. The molecule has 1 aromatic heterocycles. The summed E-state index contributed by atoms with van der Waals surface area (Å²) in [5.41, 5.74) is 5.53. The number of allylic oxidation sites excluding steroid dienone is 4. The van der Waals surface area contributed by atoms with Crippen LogP contribution < -0.4 is 0 Å². The van der Waals surface area contributed by atoms with Crippen molar-refractivity contribution in [2.45, 2.75) is 19.8 Å². The Balaban J connectivity index is 2.15. The van der Waals surface area contributed by atoms with Gasteiger partial charge in [-0.15, -0.1) is 0 Å². The van der Waals surface area contributed by atoms with Crippen LogP contribution in [0.2, 0.25) is 0 Å². The van der Waals surface area contributed by atoms with E-state index >= 15 is 0 Å². The molecule has 1 heteroatoms. The largest absolute Gasteiger partial charge is 0.344 e. The second-order valence-electron chi connectivity index (χ2n) is 4.78. The van der Waals surface area contributed by atoms with Crippen LogP contribution in [0.25, 0.3) is 16.5 Å². The highest BCUT2D eigenvalue weighted by Gasteiger charge is 2.11. The minimum atomic E-state index is 1.15. The molecule has 1 radical (unpaired) electrons. The number of nitrogens with zero attached hydrogens (tertiary/aromatic N) is 1. The lowest BCUT2D eigenvalue weighted by atomic mass is 9.97. The van der Waals surface area contributed by atoms with Crippen molar-refractivity contribution in [2.24, 2.45) is 7.05 Å². The highest BCUT2D eigenvalue weighted by molar-refractivity contribution is 5.86. The van der Waals surface area contributed by atoms with E-state index in [1.807, 2.05) is 6.07 Å². The zero-order valence-electron chi connectivity index (χ0n) is 10.3. The van der Waals surface area contributed by atoms with Crippen LogP contribution in [0.5, 0.6) is 0 Å². The van der Waals surface area contributed by atoms with Crippen LogP contribution in [-0.4, -0.2) is 4.57 Å². The van der Waals surface area contributed by atoms with Gasteiger partial charge >= 0.3 is 0 Å². The quantitative estimate of drug-likeness (QED) is 0.684. The standard InChI is InChI=1S/C16H16N/c1-12-7-9-13(10-8-12)16-11-14-5-3-4-6-15(14)17(16)2/h4-7,9,11H,8,10H2,1-2H3. The maximum absolute atomic E-state index is 3.14. The molecule has 0 aliphatic heterocycles. The molecule has 0 unspecified atom stereocenters. The average Bonchev–Trinajstić information content (AvgIpc) is 2.69. The first-order valence-electron chi connectivity index (χ1n) is 6.08. The van der Waals surface area contributed by atoms with Gasteiger partial charge in [-0.05, 0) is 49.6 Å². The molecule has 0 fully saturated rings. The summed E-state index contributed by atoms with van der Waals surface area (Å²) < 4.78 is 2.28. The third-order valence-corrected chi connectivity index (χ3v) is 3.57. The third-order valence-electron chi connectivity index (χ3n) is 3.57. The molecular formula is C16H16N. The number of rotatable bonds is 1. The normalized spacial score (nSPS) is 15.9. The molecule has 1 nitrogen and oxygen atoms in total. The monoisotopic (exact) mass is 222 g/mol. The number of hydrogen-bond acceptors (Lipinski definition) is 0. The second-order valence-corrected chi connectivity index (χ2v) is 4.78. The Bertz CT molecular complexity index is 626. The average molecular weight is 222 g/mol. The molecule has 2 aromatic rings. The minimum Gasteiger partial charge on any atom is -0.344 e. The van der Waals surface area contributed by atoms with Crippen LogP contribution in [0.1, 0.15) is 25.5 Å². The van der Waals surface area contributed by atoms with Crippen LogP contribution in [0, 0.1) is 6.07 Å². The summed E-state index contributed by atoms with van der Waals surface area (Å²) in [7, 11) is 2.14. The molecule has 85 valence electrons. The van der Waals surface area contributed by atoms with Crippen molar-refractivity contribution in [3.8, 4) is 0 Å². The summed E-state index contributed by atoms with van der Waals surface area (Å²) in [6.07, 6.45) is 6.83. The summed E-state index contributed by atoms with van der Waals surface area (Å²) in [6.45, 7) is 2.20. The molecule has 1 heterocycles. The predicted molar refractivity (Wildman–Crippen MR) is 72.7 cm³/mol. The maximum atomic E-state index is 3.14. The molecule has 0 N–H and O–H groups in total. The molecule has 0 spiro atoms. The molecule has 1 aromatic carbocycles. The zero-order chi connectivity index (χ0) is 11.8. The lowest BCUT2D eigenvalue weighted by Gasteiger charge is -2.13. The maximum Gasteiger partial charge on any atom is 0.0482 e. The van der Waals surface area contributed by atoms with Crippen LogP contribution >= 0.6 is 0 Å². The van der Waals surface area contributed by atoms with Crippen LogP contribution in [0.4, 0.5) is 0 Å². The summed E-state index contributed by atoms with van der Waals surface area (Å²) in [5.74, 6) is 0. The summed E-state index contributed by atoms with van der Waals surface area (Å²) >= 11 is 0. The highest BCUT2D eigenvalue weighted by Crippen LogP contribution is 2.30. The van der Waals surface area contributed by atoms with E-state index in [9.17, 15) is 0 Å².